The molecule has 2 aliphatic rings. The van der Waals surface area contributed by atoms with Crippen molar-refractivity contribution in [3.8, 4) is 0 Å². The van der Waals surface area contributed by atoms with Gasteiger partial charge in [0.1, 0.15) is 17.5 Å². The number of halogens is 3. The second-order valence-corrected chi connectivity index (χ2v) is 10.6. The number of rotatable bonds is 8. The maximum absolute atomic E-state index is 15.6. The number of allylic oxidation sites excluding steroid dienone is 2. The summed E-state index contributed by atoms with van der Waals surface area (Å²) in [6.07, 6.45) is 17.1. The quantitative estimate of drug-likeness (QED) is 0.274. The average molecular weight is 457 g/mol. The second-order valence-electron chi connectivity index (χ2n) is 10.6. The minimum Gasteiger partial charge on any atom is -0.207 e. The third-order valence-electron chi connectivity index (χ3n) is 8.36. The molecule has 0 nitrogen and oxygen atoms in total. The Morgan fingerprint density at radius 3 is 2.48 bits per heavy atom. The Morgan fingerprint density at radius 1 is 0.909 bits per heavy atom. The molecule has 0 aromatic heterocycles. The van der Waals surface area contributed by atoms with Gasteiger partial charge in [-0.25, -0.2) is 13.2 Å². The van der Waals surface area contributed by atoms with Crippen LogP contribution in [0.25, 0.3) is 10.8 Å². The van der Waals surface area contributed by atoms with E-state index in [-0.39, 0.29) is 16.9 Å². The van der Waals surface area contributed by atoms with Gasteiger partial charge in [-0.05, 0) is 98.6 Å². The summed E-state index contributed by atoms with van der Waals surface area (Å²) in [5.74, 6) is 0.216. The van der Waals surface area contributed by atoms with Crippen molar-refractivity contribution in [1.82, 2.24) is 0 Å². The zero-order chi connectivity index (χ0) is 23.4. The fraction of sp³-hybridized carbons (Fsp3) is 0.600. The van der Waals surface area contributed by atoms with Gasteiger partial charge in [-0.1, -0.05) is 57.2 Å². The van der Waals surface area contributed by atoms with Gasteiger partial charge >= 0.3 is 0 Å². The van der Waals surface area contributed by atoms with E-state index in [9.17, 15) is 4.39 Å². The summed E-state index contributed by atoms with van der Waals surface area (Å²) in [6.45, 7) is 4.19. The fourth-order valence-electron chi connectivity index (χ4n) is 6.61. The lowest BCUT2D eigenvalue weighted by molar-refractivity contribution is 0.111. The highest BCUT2D eigenvalue weighted by Gasteiger charge is 2.37. The fourth-order valence-corrected chi connectivity index (χ4v) is 6.61. The molecular formula is C30H39F3. The highest BCUT2D eigenvalue weighted by atomic mass is 19.1. The summed E-state index contributed by atoms with van der Waals surface area (Å²) in [7, 11) is 0. The summed E-state index contributed by atoms with van der Waals surface area (Å²) in [6, 6.07) is 4.54. The van der Waals surface area contributed by atoms with E-state index in [1.165, 1.54) is 57.1 Å². The first-order chi connectivity index (χ1) is 16.0. The van der Waals surface area contributed by atoms with Gasteiger partial charge in [0.2, 0.25) is 0 Å². The Morgan fingerprint density at radius 2 is 1.70 bits per heavy atom. The lowest BCUT2D eigenvalue weighted by Crippen LogP contribution is -2.31. The Kier molecular flexibility index (Phi) is 8.20. The number of hydrogen-bond donors (Lipinski definition) is 0. The van der Waals surface area contributed by atoms with Crippen LogP contribution in [0.1, 0.15) is 102 Å². The van der Waals surface area contributed by atoms with Crippen LogP contribution in [0.4, 0.5) is 13.2 Å². The van der Waals surface area contributed by atoms with Gasteiger partial charge in [0.25, 0.3) is 0 Å². The predicted molar refractivity (Wildman–Crippen MR) is 132 cm³/mol. The molecule has 4 rings (SSSR count). The Labute approximate surface area is 197 Å². The molecule has 0 aliphatic heterocycles. The Balaban J connectivity index is 1.51. The van der Waals surface area contributed by atoms with Crippen LogP contribution < -0.4 is 0 Å². The molecule has 2 aromatic carbocycles. The van der Waals surface area contributed by atoms with Gasteiger partial charge in [0.15, 0.2) is 0 Å². The molecule has 0 N–H and O–H groups in total. The summed E-state index contributed by atoms with van der Waals surface area (Å²) in [4.78, 5) is 0. The van der Waals surface area contributed by atoms with E-state index in [1.807, 2.05) is 19.1 Å². The first-order valence-corrected chi connectivity index (χ1v) is 13.2. The molecule has 2 fully saturated rings. The van der Waals surface area contributed by atoms with Crippen molar-refractivity contribution in [2.45, 2.75) is 96.8 Å². The predicted octanol–water partition coefficient (Wildman–Crippen LogP) is 9.65. The van der Waals surface area contributed by atoms with Crippen LogP contribution in [-0.2, 0) is 6.42 Å². The van der Waals surface area contributed by atoms with E-state index >= 15 is 8.78 Å². The highest BCUT2D eigenvalue weighted by Crippen LogP contribution is 2.49. The van der Waals surface area contributed by atoms with Crippen LogP contribution in [0.5, 0.6) is 0 Å². The van der Waals surface area contributed by atoms with E-state index in [0.29, 0.717) is 23.6 Å². The van der Waals surface area contributed by atoms with Crippen molar-refractivity contribution < 1.29 is 13.2 Å². The maximum atomic E-state index is 15.6. The summed E-state index contributed by atoms with van der Waals surface area (Å²) >= 11 is 0. The number of unbranched alkanes of at least 4 members (excludes halogenated alkanes) is 2. The molecule has 0 radical (unpaired) electrons. The van der Waals surface area contributed by atoms with Gasteiger partial charge in [-0.2, -0.15) is 0 Å². The molecule has 2 aromatic rings. The average Bonchev–Trinajstić information content (AvgIpc) is 2.79. The van der Waals surface area contributed by atoms with Crippen LogP contribution in [-0.4, -0.2) is 0 Å². The molecular weight excluding hydrogens is 417 g/mol. The summed E-state index contributed by atoms with van der Waals surface area (Å²) in [5.41, 5.74) is 0.910. The third-order valence-corrected chi connectivity index (χ3v) is 8.36. The molecule has 3 heteroatoms. The van der Waals surface area contributed by atoms with Gasteiger partial charge < -0.3 is 0 Å². The van der Waals surface area contributed by atoms with Gasteiger partial charge in [-0.3, -0.25) is 0 Å². The summed E-state index contributed by atoms with van der Waals surface area (Å²) in [5, 5.41) is 0.299. The van der Waals surface area contributed by atoms with Crippen molar-refractivity contribution in [2.75, 3.05) is 0 Å². The Hall–Kier alpha value is -1.77. The number of fused-ring (bicyclic) bond motifs is 2. The number of hydrogen-bond acceptors (Lipinski definition) is 0. The molecule has 0 spiro atoms. The number of benzene rings is 2. The molecule has 2 saturated carbocycles. The highest BCUT2D eigenvalue weighted by molar-refractivity contribution is 5.85. The molecule has 0 bridgehead atoms. The van der Waals surface area contributed by atoms with E-state index in [4.69, 9.17) is 0 Å². The minimum absolute atomic E-state index is 0.0389. The van der Waals surface area contributed by atoms with Crippen molar-refractivity contribution in [1.29, 1.82) is 0 Å². The molecule has 2 unspecified atom stereocenters. The van der Waals surface area contributed by atoms with E-state index in [0.717, 1.165) is 37.2 Å². The van der Waals surface area contributed by atoms with Crippen molar-refractivity contribution in [3.05, 3.63) is 58.9 Å². The normalized spacial score (nSPS) is 25.6. The van der Waals surface area contributed by atoms with Gasteiger partial charge in [0.05, 0.1) is 5.39 Å². The second kappa shape index (κ2) is 11.1. The van der Waals surface area contributed by atoms with Gasteiger partial charge in [0, 0.05) is 5.56 Å². The third kappa shape index (κ3) is 5.49. The first-order valence-electron chi connectivity index (χ1n) is 13.2. The number of aryl methyl sites for hydroxylation is 1. The smallest absolute Gasteiger partial charge is 0.140 e. The molecule has 33 heavy (non-hydrogen) atoms. The topological polar surface area (TPSA) is 0 Å². The molecule has 0 saturated heterocycles. The van der Waals surface area contributed by atoms with E-state index in [1.54, 1.807) is 6.07 Å². The summed E-state index contributed by atoms with van der Waals surface area (Å²) < 4.78 is 45.8. The lowest BCUT2D eigenvalue weighted by atomic mass is 9.63. The molecule has 0 amide bonds. The van der Waals surface area contributed by atoms with Crippen LogP contribution >= 0.6 is 0 Å². The molecule has 180 valence electrons. The standard InChI is InChI=1S/C30H39F3/c1-3-5-7-9-20-11-12-23-18-24(14-13-22(23)15-20)28-27(32)19-25-16-21(10-8-6-4-2)17-26(31)29(25)30(28)33/h4,6,16-17,19-20,22-24H,3,5,7-15,18H2,1-2H3/b6-4+/t20?,22-,23?,24-/m1/s1. The van der Waals surface area contributed by atoms with Crippen LogP contribution in [0.15, 0.2) is 30.4 Å². The van der Waals surface area contributed by atoms with Crippen LogP contribution in [0.2, 0.25) is 0 Å². The first kappa shape index (κ1) is 24.4. The van der Waals surface area contributed by atoms with Crippen molar-refractivity contribution >= 4 is 10.8 Å². The van der Waals surface area contributed by atoms with Gasteiger partial charge in [-0.15, -0.1) is 0 Å². The van der Waals surface area contributed by atoms with E-state index in [2.05, 4.69) is 6.92 Å². The monoisotopic (exact) mass is 456 g/mol. The van der Waals surface area contributed by atoms with Crippen LogP contribution in [0.3, 0.4) is 0 Å². The lowest BCUT2D eigenvalue weighted by Gasteiger charge is -2.42. The molecule has 0 heterocycles. The van der Waals surface area contributed by atoms with Crippen LogP contribution in [0, 0.1) is 35.2 Å². The zero-order valence-corrected chi connectivity index (χ0v) is 20.3. The minimum atomic E-state index is -0.667. The van der Waals surface area contributed by atoms with E-state index < -0.39 is 17.5 Å². The van der Waals surface area contributed by atoms with Crippen molar-refractivity contribution in [3.63, 3.8) is 0 Å². The SMILES string of the molecule is C/C=C/CCc1cc(F)c2c(F)c([C@@H]3CC[C@@H]4CC(CCCCC)CCC4C3)c(F)cc2c1. The van der Waals surface area contributed by atoms with Crippen molar-refractivity contribution in [2.24, 2.45) is 17.8 Å². The largest absolute Gasteiger partial charge is 0.207 e. The maximum Gasteiger partial charge on any atom is 0.140 e. The molecule has 4 atom stereocenters. The molecule has 2 aliphatic carbocycles. The Bertz CT molecular complexity index is 976. The zero-order valence-electron chi connectivity index (χ0n) is 20.3.